The Morgan fingerprint density at radius 1 is 1.27 bits per heavy atom. The quantitative estimate of drug-likeness (QED) is 0.449. The SMILES string of the molecule is CCN1CCCCC1CN=C(N)Nc1cc(C)cc(C)c1.I. The fourth-order valence-corrected chi connectivity index (χ4v) is 3.12. The van der Waals surface area contributed by atoms with Gasteiger partial charge in [-0.3, -0.25) is 9.89 Å². The summed E-state index contributed by atoms with van der Waals surface area (Å²) in [5.41, 5.74) is 9.51. The van der Waals surface area contributed by atoms with E-state index in [1.54, 1.807) is 0 Å². The zero-order valence-corrected chi connectivity index (χ0v) is 16.3. The fourth-order valence-electron chi connectivity index (χ4n) is 3.12. The van der Waals surface area contributed by atoms with E-state index in [2.05, 4.69) is 54.2 Å². The molecule has 0 amide bonds. The number of benzene rings is 1. The van der Waals surface area contributed by atoms with E-state index in [1.807, 2.05) is 0 Å². The molecule has 1 aromatic carbocycles. The maximum Gasteiger partial charge on any atom is 0.193 e. The number of likely N-dealkylation sites (tertiary alicyclic amines) is 1. The Kier molecular flexibility index (Phi) is 8.17. The van der Waals surface area contributed by atoms with Gasteiger partial charge in [-0.15, -0.1) is 24.0 Å². The van der Waals surface area contributed by atoms with E-state index in [0.29, 0.717) is 12.0 Å². The Labute approximate surface area is 151 Å². The number of guanidine groups is 1. The molecule has 4 nitrogen and oxygen atoms in total. The number of aryl methyl sites for hydroxylation is 2. The van der Waals surface area contributed by atoms with E-state index in [9.17, 15) is 0 Å². The Hall–Kier alpha value is -0.820. The van der Waals surface area contributed by atoms with Gasteiger partial charge >= 0.3 is 0 Å². The summed E-state index contributed by atoms with van der Waals surface area (Å²) in [5, 5.41) is 3.21. The lowest BCUT2D eigenvalue weighted by Crippen LogP contribution is -2.41. The summed E-state index contributed by atoms with van der Waals surface area (Å²) >= 11 is 0. The van der Waals surface area contributed by atoms with Gasteiger partial charge < -0.3 is 11.1 Å². The third-order valence-corrected chi connectivity index (χ3v) is 4.12. The first-order valence-corrected chi connectivity index (χ1v) is 7.97. The van der Waals surface area contributed by atoms with E-state index < -0.39 is 0 Å². The molecule has 0 bridgehead atoms. The van der Waals surface area contributed by atoms with Crippen LogP contribution < -0.4 is 11.1 Å². The second-order valence-corrected chi connectivity index (χ2v) is 6.01. The van der Waals surface area contributed by atoms with Crippen LogP contribution in [0.2, 0.25) is 0 Å². The van der Waals surface area contributed by atoms with Crippen LogP contribution in [0.15, 0.2) is 23.2 Å². The summed E-state index contributed by atoms with van der Waals surface area (Å²) in [4.78, 5) is 7.05. The highest BCUT2D eigenvalue weighted by atomic mass is 127. The van der Waals surface area contributed by atoms with Crippen molar-refractivity contribution in [2.45, 2.75) is 46.1 Å². The van der Waals surface area contributed by atoms with E-state index >= 15 is 0 Å². The molecule has 124 valence electrons. The largest absolute Gasteiger partial charge is 0.370 e. The lowest BCUT2D eigenvalue weighted by atomic mass is 10.0. The average molecular weight is 416 g/mol. The van der Waals surface area contributed by atoms with E-state index in [1.165, 1.54) is 36.9 Å². The Morgan fingerprint density at radius 2 is 1.95 bits per heavy atom. The Bertz CT molecular complexity index is 481. The first-order valence-electron chi connectivity index (χ1n) is 7.97. The van der Waals surface area contributed by atoms with Crippen molar-refractivity contribution < 1.29 is 0 Å². The van der Waals surface area contributed by atoms with Crippen molar-refractivity contribution in [3.8, 4) is 0 Å². The summed E-state index contributed by atoms with van der Waals surface area (Å²) < 4.78 is 0. The first-order chi connectivity index (χ1) is 10.1. The van der Waals surface area contributed by atoms with Crippen molar-refractivity contribution in [1.29, 1.82) is 0 Å². The van der Waals surface area contributed by atoms with Gasteiger partial charge in [0.15, 0.2) is 5.96 Å². The predicted octanol–water partition coefficient (Wildman–Crippen LogP) is 3.52. The highest BCUT2D eigenvalue weighted by Gasteiger charge is 2.20. The molecule has 2 rings (SSSR count). The van der Waals surface area contributed by atoms with Gasteiger partial charge in [-0.1, -0.05) is 19.4 Å². The van der Waals surface area contributed by atoms with Crippen LogP contribution in [0.3, 0.4) is 0 Å². The molecule has 5 heteroatoms. The number of hydrogen-bond donors (Lipinski definition) is 2. The molecule has 1 unspecified atom stereocenters. The van der Waals surface area contributed by atoms with Gasteiger partial charge in [0.1, 0.15) is 0 Å². The maximum atomic E-state index is 6.03. The number of anilines is 1. The normalized spacial score (nSPS) is 19.6. The zero-order chi connectivity index (χ0) is 15.2. The van der Waals surface area contributed by atoms with E-state index in [4.69, 9.17) is 5.73 Å². The lowest BCUT2D eigenvalue weighted by molar-refractivity contribution is 0.161. The molecule has 0 spiro atoms. The fraction of sp³-hybridized carbons (Fsp3) is 0.588. The molecule has 1 fully saturated rings. The van der Waals surface area contributed by atoms with Crippen LogP contribution in [0, 0.1) is 13.8 Å². The number of likely N-dealkylation sites (N-methyl/N-ethyl adjacent to an activating group) is 1. The van der Waals surface area contributed by atoms with Crippen LogP contribution in [0.25, 0.3) is 0 Å². The molecule has 0 saturated carbocycles. The predicted molar refractivity (Wildman–Crippen MR) is 106 cm³/mol. The van der Waals surface area contributed by atoms with Crippen molar-refractivity contribution in [2.75, 3.05) is 25.0 Å². The monoisotopic (exact) mass is 416 g/mol. The average Bonchev–Trinajstić information content (AvgIpc) is 2.44. The minimum absolute atomic E-state index is 0. The van der Waals surface area contributed by atoms with Gasteiger partial charge in [-0.25, -0.2) is 0 Å². The minimum atomic E-state index is 0. The molecule has 1 aromatic rings. The molecule has 3 N–H and O–H groups in total. The second kappa shape index (κ2) is 9.35. The number of nitrogens with two attached hydrogens (primary N) is 1. The lowest BCUT2D eigenvalue weighted by Gasteiger charge is -2.33. The number of piperidine rings is 1. The molecule has 1 atom stereocenters. The summed E-state index contributed by atoms with van der Waals surface area (Å²) in [6.07, 6.45) is 3.85. The third-order valence-electron chi connectivity index (χ3n) is 4.12. The summed E-state index contributed by atoms with van der Waals surface area (Å²) in [6.45, 7) is 9.49. The van der Waals surface area contributed by atoms with Crippen LogP contribution >= 0.6 is 24.0 Å². The summed E-state index contributed by atoms with van der Waals surface area (Å²) in [7, 11) is 0. The van der Waals surface area contributed by atoms with E-state index in [0.717, 1.165) is 18.8 Å². The van der Waals surface area contributed by atoms with Crippen LogP contribution in [0.1, 0.15) is 37.3 Å². The standard InChI is InChI=1S/C17H28N4.HI/c1-4-21-8-6-5-7-16(21)12-19-17(18)20-15-10-13(2)9-14(3)11-15;/h9-11,16H,4-8,12H2,1-3H3,(H3,18,19,20);1H. The topological polar surface area (TPSA) is 53.6 Å². The van der Waals surface area contributed by atoms with Crippen LogP contribution in [-0.4, -0.2) is 36.5 Å². The summed E-state index contributed by atoms with van der Waals surface area (Å²) in [6, 6.07) is 6.88. The van der Waals surface area contributed by atoms with E-state index in [-0.39, 0.29) is 24.0 Å². The number of rotatable bonds is 4. The number of halogens is 1. The number of hydrogen-bond acceptors (Lipinski definition) is 2. The second-order valence-electron chi connectivity index (χ2n) is 6.01. The minimum Gasteiger partial charge on any atom is -0.370 e. The zero-order valence-electron chi connectivity index (χ0n) is 13.9. The molecule has 0 aromatic heterocycles. The molecule has 1 aliphatic rings. The molecule has 22 heavy (non-hydrogen) atoms. The van der Waals surface area contributed by atoms with Gasteiger partial charge in [-0.05, 0) is 63.0 Å². The van der Waals surface area contributed by atoms with Crippen molar-refractivity contribution in [3.05, 3.63) is 29.3 Å². The summed E-state index contributed by atoms with van der Waals surface area (Å²) in [5.74, 6) is 0.515. The van der Waals surface area contributed by atoms with Gasteiger partial charge in [0, 0.05) is 11.7 Å². The number of nitrogens with one attached hydrogen (secondary N) is 1. The first kappa shape index (κ1) is 19.2. The van der Waals surface area contributed by atoms with Gasteiger partial charge in [0.25, 0.3) is 0 Å². The molecule has 0 aliphatic carbocycles. The van der Waals surface area contributed by atoms with Crippen molar-refractivity contribution >= 4 is 35.6 Å². The number of nitrogens with zero attached hydrogens (tertiary/aromatic N) is 2. The molecule has 1 saturated heterocycles. The van der Waals surface area contributed by atoms with Crippen LogP contribution in [0.5, 0.6) is 0 Å². The highest BCUT2D eigenvalue weighted by Crippen LogP contribution is 2.17. The smallest absolute Gasteiger partial charge is 0.193 e. The molecule has 1 heterocycles. The molecule has 1 aliphatic heterocycles. The van der Waals surface area contributed by atoms with Gasteiger partial charge in [0.05, 0.1) is 6.54 Å². The van der Waals surface area contributed by atoms with Crippen LogP contribution in [0.4, 0.5) is 5.69 Å². The van der Waals surface area contributed by atoms with Crippen molar-refractivity contribution in [2.24, 2.45) is 10.7 Å². The highest BCUT2D eigenvalue weighted by molar-refractivity contribution is 14.0. The molecular formula is C17H29IN4. The Balaban J connectivity index is 0.00000242. The van der Waals surface area contributed by atoms with Gasteiger partial charge in [0.2, 0.25) is 0 Å². The molecule has 0 radical (unpaired) electrons. The maximum absolute atomic E-state index is 6.03. The van der Waals surface area contributed by atoms with Gasteiger partial charge in [-0.2, -0.15) is 0 Å². The molecular weight excluding hydrogens is 387 g/mol. The third kappa shape index (κ3) is 5.76. The van der Waals surface area contributed by atoms with Crippen molar-refractivity contribution in [1.82, 2.24) is 4.90 Å². The Morgan fingerprint density at radius 3 is 2.59 bits per heavy atom. The number of aliphatic imine (C=N–C) groups is 1. The van der Waals surface area contributed by atoms with Crippen molar-refractivity contribution in [3.63, 3.8) is 0 Å². The van der Waals surface area contributed by atoms with Crippen LogP contribution in [-0.2, 0) is 0 Å².